The SMILES string of the molecule is C=C/C=C(/c1ccccn1)c1cc(-c2[nH]nc3ncc(-c4cncc(NC(=C)CC(C)C)c4)cc23)[nH]c1C. The summed E-state index contributed by atoms with van der Waals surface area (Å²) in [5, 5.41) is 11.9. The van der Waals surface area contributed by atoms with Crippen molar-refractivity contribution in [1.82, 2.24) is 30.1 Å². The van der Waals surface area contributed by atoms with Crippen LogP contribution in [0.4, 0.5) is 5.69 Å². The van der Waals surface area contributed by atoms with Crippen LogP contribution in [-0.2, 0) is 0 Å². The first-order valence-corrected chi connectivity index (χ1v) is 12.6. The van der Waals surface area contributed by atoms with E-state index < -0.39 is 0 Å². The number of hydrogen-bond acceptors (Lipinski definition) is 5. The molecule has 0 fully saturated rings. The van der Waals surface area contributed by atoms with Crippen LogP contribution < -0.4 is 5.32 Å². The van der Waals surface area contributed by atoms with Gasteiger partial charge in [0.05, 0.1) is 29.0 Å². The third kappa shape index (κ3) is 5.18. The molecule has 0 saturated heterocycles. The first-order chi connectivity index (χ1) is 18.4. The maximum atomic E-state index is 4.62. The molecule has 0 unspecified atom stereocenters. The largest absolute Gasteiger partial charge is 0.358 e. The average Bonchev–Trinajstić information content (AvgIpc) is 3.50. The molecular formula is C31H31N7. The summed E-state index contributed by atoms with van der Waals surface area (Å²) in [4.78, 5) is 17.1. The van der Waals surface area contributed by atoms with Crippen molar-refractivity contribution < 1.29 is 0 Å². The van der Waals surface area contributed by atoms with Gasteiger partial charge < -0.3 is 10.3 Å². The predicted molar refractivity (Wildman–Crippen MR) is 155 cm³/mol. The number of pyridine rings is 3. The number of allylic oxidation sites excluding steroid dienone is 3. The molecule has 0 atom stereocenters. The normalized spacial score (nSPS) is 11.7. The standard InChI is InChI=1S/C31H31N7/c1-6-9-25(28-10-7-8-11-33-28)26-15-29(36-21(26)5)30-27-14-23(17-34-31(27)38-37-30)22-13-24(18-32-16-22)35-20(4)12-19(2)3/h6-11,13-19,35-36H,1,4,12H2,2-3,5H3,(H,34,37,38)/b25-9+. The number of nitrogens with zero attached hydrogens (tertiary/aromatic N) is 4. The van der Waals surface area contributed by atoms with Crippen LogP contribution in [0, 0.1) is 12.8 Å². The quantitative estimate of drug-likeness (QED) is 0.184. The lowest BCUT2D eigenvalue weighted by Gasteiger charge is -2.12. The summed E-state index contributed by atoms with van der Waals surface area (Å²) < 4.78 is 0. The number of fused-ring (bicyclic) bond motifs is 1. The fourth-order valence-electron chi connectivity index (χ4n) is 4.60. The Labute approximate surface area is 222 Å². The van der Waals surface area contributed by atoms with Gasteiger partial charge in [-0.1, -0.05) is 45.2 Å². The number of aromatic nitrogens is 6. The topological polar surface area (TPSA) is 95.2 Å². The van der Waals surface area contributed by atoms with Gasteiger partial charge >= 0.3 is 0 Å². The zero-order valence-corrected chi connectivity index (χ0v) is 21.9. The van der Waals surface area contributed by atoms with E-state index in [9.17, 15) is 0 Å². The third-order valence-electron chi connectivity index (χ3n) is 6.26. The van der Waals surface area contributed by atoms with Crippen molar-refractivity contribution in [3.8, 4) is 22.5 Å². The molecular weight excluding hydrogens is 470 g/mol. The van der Waals surface area contributed by atoms with Crippen molar-refractivity contribution in [2.24, 2.45) is 5.92 Å². The number of rotatable bonds is 9. The van der Waals surface area contributed by atoms with Crippen molar-refractivity contribution in [3.63, 3.8) is 0 Å². The van der Waals surface area contributed by atoms with Crippen LogP contribution >= 0.6 is 0 Å². The van der Waals surface area contributed by atoms with Gasteiger partial charge in [-0.2, -0.15) is 5.10 Å². The molecule has 5 aromatic rings. The highest BCUT2D eigenvalue weighted by Gasteiger charge is 2.17. The first-order valence-electron chi connectivity index (χ1n) is 12.6. The summed E-state index contributed by atoms with van der Waals surface area (Å²) in [5.41, 5.74) is 10.2. The van der Waals surface area contributed by atoms with Gasteiger partial charge in [0.1, 0.15) is 0 Å². The summed E-state index contributed by atoms with van der Waals surface area (Å²) in [6.45, 7) is 14.4. The molecule has 38 heavy (non-hydrogen) atoms. The maximum Gasteiger partial charge on any atom is 0.181 e. The Balaban J connectivity index is 1.51. The van der Waals surface area contributed by atoms with Crippen LogP contribution in [0.15, 0.2) is 92.2 Å². The number of aromatic amines is 2. The van der Waals surface area contributed by atoms with E-state index in [-0.39, 0.29) is 0 Å². The van der Waals surface area contributed by atoms with Gasteiger partial charge in [-0.3, -0.25) is 15.1 Å². The Bertz CT molecular complexity index is 1640. The monoisotopic (exact) mass is 501 g/mol. The highest BCUT2D eigenvalue weighted by Crippen LogP contribution is 2.33. The molecule has 190 valence electrons. The van der Waals surface area contributed by atoms with Gasteiger partial charge in [0.2, 0.25) is 0 Å². The van der Waals surface area contributed by atoms with Crippen molar-refractivity contribution >= 4 is 22.3 Å². The lowest BCUT2D eigenvalue weighted by molar-refractivity contribution is 0.645. The molecule has 5 aromatic heterocycles. The number of nitrogens with one attached hydrogen (secondary N) is 3. The van der Waals surface area contributed by atoms with Crippen LogP contribution in [0.3, 0.4) is 0 Å². The van der Waals surface area contributed by atoms with E-state index >= 15 is 0 Å². The second kappa shape index (κ2) is 10.7. The van der Waals surface area contributed by atoms with Gasteiger partial charge in [-0.15, -0.1) is 0 Å². The number of H-pyrrole nitrogens is 2. The summed E-state index contributed by atoms with van der Waals surface area (Å²) in [5.74, 6) is 0.529. The zero-order chi connectivity index (χ0) is 26.6. The second-order valence-electron chi connectivity index (χ2n) is 9.74. The Kier molecular flexibility index (Phi) is 7.00. The molecule has 0 aromatic carbocycles. The molecule has 7 nitrogen and oxygen atoms in total. The zero-order valence-electron chi connectivity index (χ0n) is 21.9. The van der Waals surface area contributed by atoms with E-state index in [4.69, 9.17) is 0 Å². The summed E-state index contributed by atoms with van der Waals surface area (Å²) >= 11 is 0. The van der Waals surface area contributed by atoms with Crippen molar-refractivity contribution in [3.05, 3.63) is 109 Å². The molecule has 0 aliphatic rings. The van der Waals surface area contributed by atoms with E-state index in [0.29, 0.717) is 11.6 Å². The lowest BCUT2D eigenvalue weighted by Crippen LogP contribution is -2.02. The van der Waals surface area contributed by atoms with Gasteiger partial charge in [0.15, 0.2) is 5.65 Å². The van der Waals surface area contributed by atoms with E-state index in [1.807, 2.05) is 42.9 Å². The highest BCUT2D eigenvalue weighted by atomic mass is 15.2. The number of aryl methyl sites for hydroxylation is 1. The van der Waals surface area contributed by atoms with Crippen molar-refractivity contribution in [2.75, 3.05) is 5.32 Å². The third-order valence-corrected chi connectivity index (χ3v) is 6.26. The number of anilines is 1. The molecule has 0 saturated carbocycles. The molecule has 0 spiro atoms. The van der Waals surface area contributed by atoms with E-state index in [1.165, 1.54) is 0 Å². The molecule has 0 bridgehead atoms. The molecule has 0 aliphatic carbocycles. The smallest absolute Gasteiger partial charge is 0.181 e. The minimum atomic E-state index is 0.529. The van der Waals surface area contributed by atoms with Crippen LogP contribution in [0.25, 0.3) is 39.1 Å². The van der Waals surface area contributed by atoms with Crippen LogP contribution in [0.1, 0.15) is 37.2 Å². The summed E-state index contributed by atoms with van der Waals surface area (Å²) in [7, 11) is 0. The highest BCUT2D eigenvalue weighted by molar-refractivity contribution is 5.94. The van der Waals surface area contributed by atoms with Crippen LogP contribution in [0.5, 0.6) is 0 Å². The molecule has 5 heterocycles. The molecule has 0 aliphatic heterocycles. The van der Waals surface area contributed by atoms with Gasteiger partial charge in [0, 0.05) is 57.6 Å². The fraction of sp³-hybridized carbons (Fsp3) is 0.161. The first kappa shape index (κ1) is 24.9. The van der Waals surface area contributed by atoms with Crippen molar-refractivity contribution in [2.45, 2.75) is 27.2 Å². The van der Waals surface area contributed by atoms with Crippen molar-refractivity contribution in [1.29, 1.82) is 0 Å². The Hall–Kier alpha value is -4.78. The fourth-order valence-corrected chi connectivity index (χ4v) is 4.60. The molecule has 3 N–H and O–H groups in total. The van der Waals surface area contributed by atoms with E-state index in [1.54, 1.807) is 12.3 Å². The summed E-state index contributed by atoms with van der Waals surface area (Å²) in [6, 6.07) is 12.2. The van der Waals surface area contributed by atoms with E-state index in [2.05, 4.69) is 87.6 Å². The van der Waals surface area contributed by atoms with Gasteiger partial charge in [-0.25, -0.2) is 4.98 Å². The van der Waals surface area contributed by atoms with Crippen LogP contribution in [-0.4, -0.2) is 30.1 Å². The minimum Gasteiger partial charge on any atom is -0.358 e. The van der Waals surface area contributed by atoms with Gasteiger partial charge in [-0.05, 0) is 49.6 Å². The Morgan fingerprint density at radius 2 is 1.92 bits per heavy atom. The predicted octanol–water partition coefficient (Wildman–Crippen LogP) is 7.31. The molecule has 7 heteroatoms. The molecule has 5 rings (SSSR count). The summed E-state index contributed by atoms with van der Waals surface area (Å²) in [6.07, 6.45) is 11.9. The van der Waals surface area contributed by atoms with Crippen LogP contribution in [0.2, 0.25) is 0 Å². The Morgan fingerprint density at radius 1 is 1.08 bits per heavy atom. The lowest BCUT2D eigenvalue weighted by atomic mass is 10.0. The minimum absolute atomic E-state index is 0.529. The second-order valence-corrected chi connectivity index (χ2v) is 9.74. The van der Waals surface area contributed by atoms with Gasteiger partial charge in [0.25, 0.3) is 0 Å². The maximum absolute atomic E-state index is 4.62. The Morgan fingerprint density at radius 3 is 2.68 bits per heavy atom. The average molecular weight is 502 g/mol. The molecule has 0 radical (unpaired) electrons. The number of hydrogen-bond donors (Lipinski definition) is 3. The van der Waals surface area contributed by atoms with E-state index in [0.717, 1.165) is 68.2 Å². The molecule has 0 amide bonds.